The van der Waals surface area contributed by atoms with Gasteiger partial charge in [0.1, 0.15) is 5.69 Å². The van der Waals surface area contributed by atoms with Gasteiger partial charge >= 0.3 is 5.69 Å². The van der Waals surface area contributed by atoms with Crippen LogP contribution in [0.5, 0.6) is 0 Å². The minimum absolute atomic E-state index is 0.137. The monoisotopic (exact) mass is 257 g/mol. The lowest BCUT2D eigenvalue weighted by molar-refractivity contribution is -0.382. The van der Waals surface area contributed by atoms with Crippen LogP contribution in [0.3, 0.4) is 0 Å². The highest BCUT2D eigenvalue weighted by Gasteiger charge is 2.22. The van der Waals surface area contributed by atoms with Crippen LogP contribution in [0.4, 0.5) is 11.4 Å². The van der Waals surface area contributed by atoms with Crippen molar-refractivity contribution >= 4 is 22.3 Å². The number of fused-ring (bicyclic) bond motifs is 1. The first-order chi connectivity index (χ1) is 9.25. The van der Waals surface area contributed by atoms with Gasteiger partial charge in [0, 0.05) is 12.2 Å². The normalized spacial score (nSPS) is 15.8. The Hall–Kier alpha value is -2.17. The standard InChI is InChI=1S/C14H15N3O2/c18-17(19)14-11-6-3-9-15-12(11)7-8-13(14)16-10-4-1-2-5-10/h3,6-10,16H,1-2,4-5H2. The Morgan fingerprint density at radius 2 is 2.05 bits per heavy atom. The van der Waals surface area contributed by atoms with E-state index in [0.29, 0.717) is 22.6 Å². The molecule has 0 unspecified atom stereocenters. The second-order valence-electron chi connectivity index (χ2n) is 4.91. The van der Waals surface area contributed by atoms with Crippen molar-refractivity contribution in [3.8, 4) is 0 Å². The molecule has 3 rings (SSSR count). The van der Waals surface area contributed by atoms with Gasteiger partial charge in [-0.15, -0.1) is 0 Å². The van der Waals surface area contributed by atoms with Gasteiger partial charge in [0.05, 0.1) is 15.8 Å². The maximum atomic E-state index is 11.3. The van der Waals surface area contributed by atoms with Crippen molar-refractivity contribution in [1.29, 1.82) is 0 Å². The smallest absolute Gasteiger partial charge is 0.301 e. The summed E-state index contributed by atoms with van der Waals surface area (Å²) in [4.78, 5) is 15.2. The number of nitrogens with one attached hydrogen (secondary N) is 1. The third kappa shape index (κ3) is 2.23. The van der Waals surface area contributed by atoms with E-state index in [9.17, 15) is 10.1 Å². The minimum atomic E-state index is -0.318. The summed E-state index contributed by atoms with van der Waals surface area (Å²) in [6.45, 7) is 0. The van der Waals surface area contributed by atoms with Gasteiger partial charge in [0.15, 0.2) is 0 Å². The third-order valence-electron chi connectivity index (χ3n) is 3.65. The van der Waals surface area contributed by atoms with Crippen molar-refractivity contribution in [1.82, 2.24) is 4.98 Å². The molecule has 19 heavy (non-hydrogen) atoms. The molecule has 0 saturated heterocycles. The summed E-state index contributed by atoms with van der Waals surface area (Å²) in [5.74, 6) is 0. The Bertz CT molecular complexity index is 621. The molecule has 2 aromatic rings. The van der Waals surface area contributed by atoms with Crippen molar-refractivity contribution in [2.45, 2.75) is 31.7 Å². The first kappa shape index (κ1) is 11.9. The number of pyridine rings is 1. The Labute approximate surface area is 110 Å². The van der Waals surface area contributed by atoms with Crippen LogP contribution in [-0.2, 0) is 0 Å². The van der Waals surface area contributed by atoms with E-state index in [2.05, 4.69) is 10.3 Å². The molecule has 1 aromatic heterocycles. The van der Waals surface area contributed by atoms with Crippen LogP contribution in [-0.4, -0.2) is 15.9 Å². The lowest BCUT2D eigenvalue weighted by Gasteiger charge is -2.14. The van der Waals surface area contributed by atoms with Crippen molar-refractivity contribution in [2.24, 2.45) is 0 Å². The molecule has 0 bridgehead atoms. The molecule has 5 heteroatoms. The van der Waals surface area contributed by atoms with Gasteiger partial charge in [0.2, 0.25) is 0 Å². The van der Waals surface area contributed by atoms with Crippen molar-refractivity contribution in [2.75, 3.05) is 5.32 Å². The highest BCUT2D eigenvalue weighted by atomic mass is 16.6. The number of benzene rings is 1. The number of hydrogen-bond donors (Lipinski definition) is 1. The number of nitrogens with zero attached hydrogens (tertiary/aromatic N) is 2. The number of hydrogen-bond acceptors (Lipinski definition) is 4. The number of nitro groups is 1. The van der Waals surface area contributed by atoms with Crippen LogP contribution in [0.25, 0.3) is 10.9 Å². The molecule has 98 valence electrons. The molecular formula is C14H15N3O2. The van der Waals surface area contributed by atoms with E-state index >= 15 is 0 Å². The summed E-state index contributed by atoms with van der Waals surface area (Å²) in [7, 11) is 0. The number of rotatable bonds is 3. The fourth-order valence-corrected chi connectivity index (χ4v) is 2.74. The van der Waals surface area contributed by atoms with Crippen LogP contribution in [0.2, 0.25) is 0 Å². The van der Waals surface area contributed by atoms with E-state index in [-0.39, 0.29) is 10.6 Å². The van der Waals surface area contributed by atoms with Crippen LogP contribution >= 0.6 is 0 Å². The zero-order chi connectivity index (χ0) is 13.2. The van der Waals surface area contributed by atoms with Crippen molar-refractivity contribution in [3.05, 3.63) is 40.6 Å². The van der Waals surface area contributed by atoms with Gasteiger partial charge in [-0.25, -0.2) is 0 Å². The molecule has 1 aliphatic carbocycles. The summed E-state index contributed by atoms with van der Waals surface area (Å²) >= 11 is 0. The summed E-state index contributed by atoms with van der Waals surface area (Å²) < 4.78 is 0. The Balaban J connectivity index is 2.07. The number of aromatic nitrogens is 1. The highest BCUT2D eigenvalue weighted by molar-refractivity contribution is 5.94. The summed E-state index contributed by atoms with van der Waals surface area (Å²) in [5, 5.41) is 15.3. The predicted octanol–water partition coefficient (Wildman–Crippen LogP) is 3.50. The maximum Gasteiger partial charge on any atom is 0.301 e. The summed E-state index contributed by atoms with van der Waals surface area (Å²) in [6.07, 6.45) is 6.21. The van der Waals surface area contributed by atoms with Crippen LogP contribution < -0.4 is 5.32 Å². The lowest BCUT2D eigenvalue weighted by atomic mass is 10.1. The molecule has 0 aliphatic heterocycles. The maximum absolute atomic E-state index is 11.3. The molecule has 1 aromatic carbocycles. The fraction of sp³-hybridized carbons (Fsp3) is 0.357. The summed E-state index contributed by atoms with van der Waals surface area (Å²) in [5.41, 5.74) is 1.40. The van der Waals surface area contributed by atoms with E-state index in [1.807, 2.05) is 6.07 Å². The number of nitro benzene ring substituents is 1. The average Bonchev–Trinajstić information content (AvgIpc) is 2.91. The Morgan fingerprint density at radius 1 is 1.26 bits per heavy atom. The first-order valence-corrected chi connectivity index (χ1v) is 6.54. The molecule has 1 saturated carbocycles. The molecule has 0 spiro atoms. The van der Waals surface area contributed by atoms with E-state index in [1.165, 1.54) is 12.8 Å². The van der Waals surface area contributed by atoms with Crippen molar-refractivity contribution in [3.63, 3.8) is 0 Å². The Kier molecular flexibility index (Phi) is 3.03. The third-order valence-corrected chi connectivity index (χ3v) is 3.65. The molecule has 1 aliphatic rings. The van der Waals surface area contributed by atoms with Gasteiger partial charge in [-0.3, -0.25) is 15.1 Å². The lowest BCUT2D eigenvalue weighted by Crippen LogP contribution is -2.15. The molecule has 1 heterocycles. The SMILES string of the molecule is O=[N+]([O-])c1c(NC2CCCC2)ccc2ncccc12. The van der Waals surface area contributed by atoms with Gasteiger partial charge in [-0.05, 0) is 37.1 Å². The topological polar surface area (TPSA) is 68.1 Å². The molecule has 0 amide bonds. The van der Waals surface area contributed by atoms with Crippen LogP contribution in [0.1, 0.15) is 25.7 Å². The zero-order valence-corrected chi connectivity index (χ0v) is 10.5. The molecule has 1 N–H and O–H groups in total. The average molecular weight is 257 g/mol. The zero-order valence-electron chi connectivity index (χ0n) is 10.5. The van der Waals surface area contributed by atoms with Crippen LogP contribution in [0.15, 0.2) is 30.5 Å². The first-order valence-electron chi connectivity index (χ1n) is 6.54. The van der Waals surface area contributed by atoms with Crippen molar-refractivity contribution < 1.29 is 4.92 Å². The molecule has 1 fully saturated rings. The van der Waals surface area contributed by atoms with Gasteiger partial charge < -0.3 is 5.32 Å². The van der Waals surface area contributed by atoms with Gasteiger partial charge in [-0.1, -0.05) is 12.8 Å². The second kappa shape index (κ2) is 4.84. The number of anilines is 1. The quantitative estimate of drug-likeness (QED) is 0.675. The molecule has 0 radical (unpaired) electrons. The van der Waals surface area contributed by atoms with E-state index in [4.69, 9.17) is 0 Å². The summed E-state index contributed by atoms with van der Waals surface area (Å²) in [6, 6.07) is 7.44. The minimum Gasteiger partial charge on any atom is -0.377 e. The van der Waals surface area contributed by atoms with Gasteiger partial charge in [-0.2, -0.15) is 0 Å². The molecule has 5 nitrogen and oxygen atoms in total. The van der Waals surface area contributed by atoms with Crippen LogP contribution in [0, 0.1) is 10.1 Å². The largest absolute Gasteiger partial charge is 0.377 e. The van der Waals surface area contributed by atoms with E-state index in [0.717, 1.165) is 12.8 Å². The molecule has 0 atom stereocenters. The Morgan fingerprint density at radius 3 is 2.79 bits per heavy atom. The fourth-order valence-electron chi connectivity index (χ4n) is 2.74. The second-order valence-corrected chi connectivity index (χ2v) is 4.91. The van der Waals surface area contributed by atoms with Gasteiger partial charge in [0.25, 0.3) is 0 Å². The van der Waals surface area contributed by atoms with E-state index in [1.54, 1.807) is 24.4 Å². The van der Waals surface area contributed by atoms with E-state index < -0.39 is 0 Å². The molecular weight excluding hydrogens is 242 g/mol. The predicted molar refractivity (Wildman–Crippen MR) is 74.3 cm³/mol. The highest BCUT2D eigenvalue weighted by Crippen LogP contribution is 2.34.